The Morgan fingerprint density at radius 1 is 1.24 bits per heavy atom. The summed E-state index contributed by atoms with van der Waals surface area (Å²) in [6, 6.07) is 1.89. The second-order valence-electron chi connectivity index (χ2n) is 7.14. The molecule has 0 spiro atoms. The average molecular weight is 296 g/mol. The highest BCUT2D eigenvalue weighted by Gasteiger charge is 2.35. The third-order valence-electron chi connectivity index (χ3n) is 5.63. The van der Waals surface area contributed by atoms with Crippen molar-refractivity contribution in [3.63, 3.8) is 0 Å². The molecule has 1 aliphatic carbocycles. The number of hydrogen-bond acceptors (Lipinski definition) is 5. The van der Waals surface area contributed by atoms with Crippen molar-refractivity contribution >= 4 is 0 Å². The predicted molar refractivity (Wildman–Crippen MR) is 85.7 cm³/mol. The minimum Gasteiger partial charge on any atom is -0.379 e. The minimum atomic E-state index is 0.561. The van der Waals surface area contributed by atoms with Crippen molar-refractivity contribution in [2.75, 3.05) is 60.0 Å². The molecule has 2 heterocycles. The maximum atomic E-state index is 5.66. The van der Waals surface area contributed by atoms with Crippen LogP contribution < -0.4 is 10.6 Å². The van der Waals surface area contributed by atoms with Crippen LogP contribution >= 0.6 is 0 Å². The largest absolute Gasteiger partial charge is 0.379 e. The van der Waals surface area contributed by atoms with Crippen molar-refractivity contribution in [2.24, 2.45) is 5.92 Å². The van der Waals surface area contributed by atoms with Gasteiger partial charge in [0.1, 0.15) is 0 Å². The average Bonchev–Trinajstić information content (AvgIpc) is 2.97. The van der Waals surface area contributed by atoms with Crippen LogP contribution in [0, 0.1) is 5.92 Å². The Labute approximate surface area is 129 Å². The quantitative estimate of drug-likeness (QED) is 0.763. The van der Waals surface area contributed by atoms with Gasteiger partial charge in [0.25, 0.3) is 0 Å². The number of nitrogens with zero attached hydrogens (tertiary/aromatic N) is 2. The summed E-state index contributed by atoms with van der Waals surface area (Å²) in [6.45, 7) is 7.48. The first kappa shape index (κ1) is 15.7. The van der Waals surface area contributed by atoms with E-state index in [1.807, 2.05) is 0 Å². The fourth-order valence-electron chi connectivity index (χ4n) is 4.19. The zero-order chi connectivity index (χ0) is 14.7. The van der Waals surface area contributed by atoms with Crippen molar-refractivity contribution in [3.8, 4) is 0 Å². The van der Waals surface area contributed by atoms with E-state index in [4.69, 9.17) is 4.74 Å². The number of nitrogens with one attached hydrogen (secondary N) is 2. The van der Waals surface area contributed by atoms with E-state index >= 15 is 0 Å². The molecule has 5 heteroatoms. The molecule has 2 saturated heterocycles. The van der Waals surface area contributed by atoms with Gasteiger partial charge in [-0.15, -0.1) is 0 Å². The molecule has 5 nitrogen and oxygen atoms in total. The van der Waals surface area contributed by atoms with Crippen LogP contribution in [0.3, 0.4) is 0 Å². The monoisotopic (exact) mass is 296 g/mol. The molecule has 2 N–H and O–H groups in total. The lowest BCUT2D eigenvalue weighted by Crippen LogP contribution is -2.56. The van der Waals surface area contributed by atoms with E-state index in [2.05, 4.69) is 34.5 Å². The van der Waals surface area contributed by atoms with Crippen molar-refractivity contribution in [1.29, 1.82) is 0 Å². The van der Waals surface area contributed by atoms with Crippen LogP contribution in [0.25, 0.3) is 0 Å². The summed E-state index contributed by atoms with van der Waals surface area (Å²) in [5.74, 6) is 0.747. The molecule has 21 heavy (non-hydrogen) atoms. The third kappa shape index (κ3) is 3.96. The van der Waals surface area contributed by atoms with E-state index < -0.39 is 0 Å². The predicted octanol–water partition coefficient (Wildman–Crippen LogP) is -0.0211. The molecule has 4 atom stereocenters. The first-order valence-corrected chi connectivity index (χ1v) is 8.67. The first-order chi connectivity index (χ1) is 10.2. The molecular weight excluding hydrogens is 264 g/mol. The van der Waals surface area contributed by atoms with Crippen molar-refractivity contribution < 1.29 is 4.74 Å². The topological polar surface area (TPSA) is 39.8 Å². The van der Waals surface area contributed by atoms with Crippen LogP contribution in [-0.4, -0.2) is 88.0 Å². The maximum Gasteiger partial charge on any atom is 0.0623 e. The molecule has 122 valence electrons. The van der Waals surface area contributed by atoms with Gasteiger partial charge in [-0.05, 0) is 32.9 Å². The zero-order valence-corrected chi connectivity index (χ0v) is 13.7. The Bertz CT molecular complexity index is 321. The van der Waals surface area contributed by atoms with E-state index in [9.17, 15) is 0 Å². The van der Waals surface area contributed by atoms with Crippen molar-refractivity contribution in [2.45, 2.75) is 37.4 Å². The van der Waals surface area contributed by atoms with Gasteiger partial charge >= 0.3 is 0 Å². The molecule has 0 bridgehead atoms. The molecular formula is C16H32N4O. The van der Waals surface area contributed by atoms with Crippen LogP contribution in [-0.2, 0) is 4.74 Å². The summed E-state index contributed by atoms with van der Waals surface area (Å²) in [5, 5.41) is 7.55. The summed E-state index contributed by atoms with van der Waals surface area (Å²) >= 11 is 0. The second kappa shape index (κ2) is 7.38. The van der Waals surface area contributed by atoms with Crippen LogP contribution in [0.4, 0.5) is 0 Å². The van der Waals surface area contributed by atoms with Gasteiger partial charge in [-0.3, -0.25) is 4.90 Å². The van der Waals surface area contributed by atoms with Gasteiger partial charge in [0.2, 0.25) is 0 Å². The normalized spacial score (nSPS) is 39.7. The molecule has 0 aromatic carbocycles. The lowest BCUT2D eigenvalue weighted by atomic mass is 9.93. The highest BCUT2D eigenvalue weighted by atomic mass is 16.5. The molecule has 0 aromatic heterocycles. The highest BCUT2D eigenvalue weighted by molar-refractivity contribution is 4.93. The Hall–Kier alpha value is -0.200. The minimum absolute atomic E-state index is 0.561. The lowest BCUT2D eigenvalue weighted by molar-refractivity contribution is 0.0509. The first-order valence-electron chi connectivity index (χ1n) is 8.67. The molecule has 0 aromatic rings. The Balaban J connectivity index is 1.49. The molecule has 1 saturated carbocycles. The molecule has 0 radical (unpaired) electrons. The number of piperazine rings is 1. The van der Waals surface area contributed by atoms with Crippen molar-refractivity contribution in [1.82, 2.24) is 20.4 Å². The van der Waals surface area contributed by atoms with Gasteiger partial charge in [-0.1, -0.05) is 6.42 Å². The summed E-state index contributed by atoms with van der Waals surface area (Å²) in [7, 11) is 4.50. The fourth-order valence-corrected chi connectivity index (χ4v) is 4.19. The van der Waals surface area contributed by atoms with E-state index in [0.29, 0.717) is 18.1 Å². The van der Waals surface area contributed by atoms with Gasteiger partial charge in [0.15, 0.2) is 0 Å². The number of hydrogen-bond donors (Lipinski definition) is 2. The van der Waals surface area contributed by atoms with Gasteiger partial charge in [-0.2, -0.15) is 0 Å². The molecule has 3 fully saturated rings. The molecule has 3 aliphatic rings. The number of ether oxygens (including phenoxy) is 1. The third-order valence-corrected chi connectivity index (χ3v) is 5.63. The van der Waals surface area contributed by atoms with Gasteiger partial charge in [0.05, 0.1) is 13.2 Å². The van der Waals surface area contributed by atoms with Gasteiger partial charge < -0.3 is 20.3 Å². The summed E-state index contributed by atoms with van der Waals surface area (Å²) in [5.41, 5.74) is 0. The van der Waals surface area contributed by atoms with E-state index in [0.717, 1.165) is 32.2 Å². The zero-order valence-electron chi connectivity index (χ0n) is 13.7. The Morgan fingerprint density at radius 3 is 2.95 bits per heavy atom. The lowest BCUT2D eigenvalue weighted by Gasteiger charge is -2.39. The number of likely N-dealkylation sites (N-methyl/N-ethyl adjacent to an activating group) is 2. The van der Waals surface area contributed by atoms with E-state index in [-0.39, 0.29) is 0 Å². The van der Waals surface area contributed by atoms with Crippen LogP contribution in [0.2, 0.25) is 0 Å². The molecule has 0 amide bonds. The fraction of sp³-hybridized carbons (Fsp3) is 1.00. The van der Waals surface area contributed by atoms with Crippen LogP contribution in [0.1, 0.15) is 19.3 Å². The molecule has 4 unspecified atom stereocenters. The summed E-state index contributed by atoms with van der Waals surface area (Å²) < 4.78 is 5.66. The SMILES string of the molecule is CN1CCN(C)C(CNC2CCCC2C2COCCN2)C1. The Kier molecular flexibility index (Phi) is 5.51. The number of morpholine rings is 1. The van der Waals surface area contributed by atoms with Crippen LogP contribution in [0.5, 0.6) is 0 Å². The number of rotatable bonds is 4. The van der Waals surface area contributed by atoms with Crippen LogP contribution in [0.15, 0.2) is 0 Å². The summed E-state index contributed by atoms with van der Waals surface area (Å²) in [6.07, 6.45) is 4.04. The molecule has 3 rings (SSSR count). The molecule has 2 aliphatic heterocycles. The Morgan fingerprint density at radius 2 is 2.14 bits per heavy atom. The summed E-state index contributed by atoms with van der Waals surface area (Å²) in [4.78, 5) is 4.97. The smallest absolute Gasteiger partial charge is 0.0623 e. The van der Waals surface area contributed by atoms with Gasteiger partial charge in [-0.25, -0.2) is 0 Å². The highest BCUT2D eigenvalue weighted by Crippen LogP contribution is 2.29. The van der Waals surface area contributed by atoms with Crippen molar-refractivity contribution in [3.05, 3.63) is 0 Å². The standard InChI is InChI=1S/C16H32N4O/c1-19-7-8-20(2)13(11-19)10-18-15-5-3-4-14(15)16-12-21-9-6-17-16/h13-18H,3-12H2,1-2H3. The van der Waals surface area contributed by atoms with Gasteiger partial charge in [0, 0.05) is 50.8 Å². The van der Waals surface area contributed by atoms with E-state index in [1.54, 1.807) is 0 Å². The maximum absolute atomic E-state index is 5.66. The second-order valence-corrected chi connectivity index (χ2v) is 7.14. The van der Waals surface area contributed by atoms with E-state index in [1.165, 1.54) is 38.9 Å².